The molecule has 4 heteroatoms. The standard InChI is InChI=1S/C13H17BrFNO/c1-9-8-17-10(2)7-16(9)13-5-3-4-12(15)11(13)6-14/h3-5,9-10H,6-8H2,1-2H3. The monoisotopic (exact) mass is 301 g/mol. The summed E-state index contributed by atoms with van der Waals surface area (Å²) in [6, 6.07) is 5.54. The van der Waals surface area contributed by atoms with Crippen LogP contribution in [0.5, 0.6) is 0 Å². The highest BCUT2D eigenvalue weighted by Crippen LogP contribution is 2.29. The Morgan fingerprint density at radius 3 is 2.94 bits per heavy atom. The second-order valence-corrected chi connectivity index (χ2v) is 5.08. The van der Waals surface area contributed by atoms with Gasteiger partial charge >= 0.3 is 0 Å². The van der Waals surface area contributed by atoms with Crippen molar-refractivity contribution in [3.05, 3.63) is 29.6 Å². The molecular weight excluding hydrogens is 285 g/mol. The zero-order valence-corrected chi connectivity index (χ0v) is 11.7. The lowest BCUT2D eigenvalue weighted by atomic mass is 10.1. The van der Waals surface area contributed by atoms with Gasteiger partial charge in [0.1, 0.15) is 5.82 Å². The van der Waals surface area contributed by atoms with Crippen LogP contribution in [0.2, 0.25) is 0 Å². The van der Waals surface area contributed by atoms with Gasteiger partial charge < -0.3 is 9.64 Å². The van der Waals surface area contributed by atoms with Gasteiger partial charge in [-0.1, -0.05) is 22.0 Å². The maximum atomic E-state index is 13.7. The third-order valence-corrected chi connectivity index (χ3v) is 3.71. The van der Waals surface area contributed by atoms with Gasteiger partial charge in [-0.05, 0) is 26.0 Å². The van der Waals surface area contributed by atoms with Crippen molar-refractivity contribution >= 4 is 21.6 Å². The minimum absolute atomic E-state index is 0.147. The Bertz CT molecular complexity index is 399. The molecule has 17 heavy (non-hydrogen) atoms. The highest BCUT2D eigenvalue weighted by Gasteiger charge is 2.25. The van der Waals surface area contributed by atoms with Crippen molar-refractivity contribution in [2.75, 3.05) is 18.1 Å². The molecule has 94 valence electrons. The second kappa shape index (κ2) is 5.36. The molecule has 1 aromatic rings. The first-order chi connectivity index (χ1) is 8.13. The van der Waals surface area contributed by atoms with Gasteiger partial charge in [-0.2, -0.15) is 0 Å². The number of ether oxygens (including phenoxy) is 1. The normalized spacial score (nSPS) is 25.1. The molecule has 2 unspecified atom stereocenters. The number of hydrogen-bond acceptors (Lipinski definition) is 2. The van der Waals surface area contributed by atoms with Crippen molar-refractivity contribution in [3.63, 3.8) is 0 Å². The van der Waals surface area contributed by atoms with Crippen molar-refractivity contribution in [2.24, 2.45) is 0 Å². The number of halogens is 2. The molecule has 2 atom stereocenters. The van der Waals surface area contributed by atoms with Gasteiger partial charge in [0.15, 0.2) is 0 Å². The summed E-state index contributed by atoms with van der Waals surface area (Å²) < 4.78 is 19.3. The first-order valence-corrected chi connectivity index (χ1v) is 6.97. The number of rotatable bonds is 2. The smallest absolute Gasteiger partial charge is 0.129 e. The van der Waals surface area contributed by atoms with Crippen LogP contribution in [0.1, 0.15) is 19.4 Å². The van der Waals surface area contributed by atoms with Crippen LogP contribution in [0.15, 0.2) is 18.2 Å². The molecule has 1 fully saturated rings. The number of hydrogen-bond donors (Lipinski definition) is 0. The topological polar surface area (TPSA) is 12.5 Å². The van der Waals surface area contributed by atoms with Crippen LogP contribution >= 0.6 is 15.9 Å². The van der Waals surface area contributed by atoms with E-state index in [2.05, 4.69) is 27.8 Å². The maximum Gasteiger partial charge on any atom is 0.129 e. The van der Waals surface area contributed by atoms with Crippen LogP contribution in [0, 0.1) is 5.82 Å². The minimum Gasteiger partial charge on any atom is -0.375 e. The highest BCUT2D eigenvalue weighted by molar-refractivity contribution is 9.08. The third-order valence-electron chi connectivity index (χ3n) is 3.14. The average Bonchev–Trinajstić information content (AvgIpc) is 2.32. The van der Waals surface area contributed by atoms with E-state index in [1.807, 2.05) is 13.0 Å². The first-order valence-electron chi connectivity index (χ1n) is 5.85. The summed E-state index contributed by atoms with van der Waals surface area (Å²) in [5.74, 6) is -0.147. The summed E-state index contributed by atoms with van der Waals surface area (Å²) >= 11 is 3.36. The van der Waals surface area contributed by atoms with Crippen molar-refractivity contribution in [3.8, 4) is 0 Å². The molecule has 1 saturated heterocycles. The van der Waals surface area contributed by atoms with Crippen molar-refractivity contribution < 1.29 is 9.13 Å². The average molecular weight is 302 g/mol. The van der Waals surface area contributed by atoms with Crippen LogP contribution in [-0.4, -0.2) is 25.3 Å². The lowest BCUT2D eigenvalue weighted by molar-refractivity contribution is 0.0343. The number of nitrogens with zero attached hydrogens (tertiary/aromatic N) is 1. The van der Waals surface area contributed by atoms with Crippen molar-refractivity contribution in [1.82, 2.24) is 0 Å². The van der Waals surface area contributed by atoms with Gasteiger partial charge in [0.25, 0.3) is 0 Å². The van der Waals surface area contributed by atoms with Crippen molar-refractivity contribution in [2.45, 2.75) is 31.3 Å². The molecule has 1 aromatic carbocycles. The summed E-state index contributed by atoms with van der Waals surface area (Å²) in [5, 5.41) is 0.535. The Hall–Kier alpha value is -0.610. The van der Waals surface area contributed by atoms with Crippen LogP contribution < -0.4 is 4.90 Å². The molecule has 1 aliphatic heterocycles. The first kappa shape index (κ1) is 12.8. The molecule has 0 aromatic heterocycles. The molecular formula is C13H17BrFNO. The van der Waals surface area contributed by atoms with Gasteiger partial charge in [-0.3, -0.25) is 0 Å². The van der Waals surface area contributed by atoms with E-state index in [9.17, 15) is 4.39 Å². The van der Waals surface area contributed by atoms with Gasteiger partial charge in [-0.15, -0.1) is 0 Å². The van der Waals surface area contributed by atoms with Gasteiger partial charge in [0, 0.05) is 29.2 Å². The minimum atomic E-state index is -0.147. The fraction of sp³-hybridized carbons (Fsp3) is 0.538. The summed E-state index contributed by atoms with van der Waals surface area (Å²) in [6.07, 6.45) is 0.192. The van der Waals surface area contributed by atoms with E-state index in [0.29, 0.717) is 11.9 Å². The number of benzene rings is 1. The van der Waals surface area contributed by atoms with E-state index in [0.717, 1.165) is 17.8 Å². The highest BCUT2D eigenvalue weighted by atomic mass is 79.9. The molecule has 0 radical (unpaired) electrons. The van der Waals surface area contributed by atoms with Gasteiger partial charge in [0.2, 0.25) is 0 Å². The lowest BCUT2D eigenvalue weighted by Gasteiger charge is -2.39. The quantitative estimate of drug-likeness (QED) is 0.777. The summed E-state index contributed by atoms with van der Waals surface area (Å²) in [4.78, 5) is 2.23. The Kier molecular flexibility index (Phi) is 4.05. The Morgan fingerprint density at radius 1 is 1.47 bits per heavy atom. The molecule has 0 aliphatic carbocycles. The third kappa shape index (κ3) is 2.63. The van der Waals surface area contributed by atoms with Gasteiger partial charge in [-0.25, -0.2) is 4.39 Å². The van der Waals surface area contributed by atoms with E-state index in [4.69, 9.17) is 4.74 Å². The molecule has 0 spiro atoms. The molecule has 0 amide bonds. The summed E-state index contributed by atoms with van der Waals surface area (Å²) in [5.41, 5.74) is 1.71. The summed E-state index contributed by atoms with van der Waals surface area (Å²) in [6.45, 7) is 5.66. The maximum absolute atomic E-state index is 13.7. The van der Waals surface area contributed by atoms with Gasteiger partial charge in [0.05, 0.1) is 12.7 Å². The molecule has 2 nitrogen and oxygen atoms in total. The zero-order valence-electron chi connectivity index (χ0n) is 10.1. The van der Waals surface area contributed by atoms with Crippen LogP contribution in [0.25, 0.3) is 0 Å². The van der Waals surface area contributed by atoms with Crippen molar-refractivity contribution in [1.29, 1.82) is 0 Å². The predicted octanol–water partition coefficient (Wildman–Crippen LogP) is 3.33. The van der Waals surface area contributed by atoms with Crippen LogP contribution in [-0.2, 0) is 10.1 Å². The summed E-state index contributed by atoms with van der Waals surface area (Å²) in [7, 11) is 0. The molecule has 2 rings (SSSR count). The fourth-order valence-corrected chi connectivity index (χ4v) is 2.74. The Balaban J connectivity index is 2.35. The molecule has 0 N–H and O–H groups in total. The van der Waals surface area contributed by atoms with E-state index >= 15 is 0 Å². The SMILES string of the molecule is CC1CN(c2cccc(F)c2CBr)C(C)CO1. The van der Waals surface area contributed by atoms with Crippen LogP contribution in [0.4, 0.5) is 10.1 Å². The Labute approximate surface area is 110 Å². The number of morpholine rings is 1. The predicted molar refractivity (Wildman–Crippen MR) is 71.3 cm³/mol. The molecule has 1 heterocycles. The number of anilines is 1. The molecule has 0 saturated carbocycles. The Morgan fingerprint density at radius 2 is 2.24 bits per heavy atom. The van der Waals surface area contributed by atoms with E-state index in [1.165, 1.54) is 6.07 Å². The molecule has 0 bridgehead atoms. The lowest BCUT2D eigenvalue weighted by Crippen LogP contribution is -2.47. The zero-order chi connectivity index (χ0) is 12.4. The van der Waals surface area contributed by atoms with Crippen LogP contribution in [0.3, 0.4) is 0 Å². The largest absolute Gasteiger partial charge is 0.375 e. The van der Waals surface area contributed by atoms with E-state index in [-0.39, 0.29) is 18.0 Å². The fourth-order valence-electron chi connectivity index (χ4n) is 2.19. The molecule has 1 aliphatic rings. The second-order valence-electron chi connectivity index (χ2n) is 4.52. The number of alkyl halides is 1. The van der Waals surface area contributed by atoms with E-state index < -0.39 is 0 Å². The van der Waals surface area contributed by atoms with E-state index in [1.54, 1.807) is 6.07 Å².